The number of halogens is 1. The summed E-state index contributed by atoms with van der Waals surface area (Å²) in [6.07, 6.45) is 0. The molecular formula is C9H9ClN2O2S. The van der Waals surface area contributed by atoms with Gasteiger partial charge in [0, 0.05) is 14.1 Å². The van der Waals surface area contributed by atoms with Gasteiger partial charge in [0.05, 0.1) is 10.6 Å². The van der Waals surface area contributed by atoms with Gasteiger partial charge in [-0.2, -0.15) is 5.26 Å². The number of nitrogens with zero attached hydrogens (tertiary/aromatic N) is 2. The molecule has 6 heteroatoms. The van der Waals surface area contributed by atoms with Crippen LogP contribution < -0.4 is 0 Å². The van der Waals surface area contributed by atoms with Crippen LogP contribution in [0.2, 0.25) is 5.02 Å². The quantitative estimate of drug-likeness (QED) is 0.791. The van der Waals surface area contributed by atoms with Crippen molar-refractivity contribution in [2.45, 2.75) is 4.90 Å². The molecule has 0 radical (unpaired) electrons. The maximum Gasteiger partial charge on any atom is 0.243 e. The number of hydrogen-bond donors (Lipinski definition) is 0. The van der Waals surface area contributed by atoms with Crippen LogP contribution in [-0.4, -0.2) is 26.8 Å². The third-order valence-electron chi connectivity index (χ3n) is 1.85. The van der Waals surface area contributed by atoms with Gasteiger partial charge in [0.1, 0.15) is 11.0 Å². The van der Waals surface area contributed by atoms with Crippen molar-refractivity contribution in [3.8, 4) is 6.07 Å². The van der Waals surface area contributed by atoms with Crippen LogP contribution >= 0.6 is 11.6 Å². The second-order valence-corrected chi connectivity index (χ2v) is 5.54. The maximum atomic E-state index is 11.8. The van der Waals surface area contributed by atoms with Crippen molar-refractivity contribution in [2.24, 2.45) is 0 Å². The minimum atomic E-state index is -3.62. The lowest BCUT2D eigenvalue weighted by molar-refractivity contribution is 0.520. The van der Waals surface area contributed by atoms with E-state index in [0.717, 1.165) is 4.31 Å². The van der Waals surface area contributed by atoms with Gasteiger partial charge in [0.2, 0.25) is 10.0 Å². The van der Waals surface area contributed by atoms with E-state index in [2.05, 4.69) is 0 Å². The third kappa shape index (κ3) is 2.12. The Morgan fingerprint density at radius 1 is 1.40 bits per heavy atom. The highest BCUT2D eigenvalue weighted by molar-refractivity contribution is 7.89. The smallest absolute Gasteiger partial charge is 0.207 e. The molecule has 0 amide bonds. The Hall–Kier alpha value is -1.09. The average molecular weight is 245 g/mol. The fourth-order valence-corrected chi connectivity index (χ4v) is 2.35. The van der Waals surface area contributed by atoms with E-state index in [0.29, 0.717) is 0 Å². The van der Waals surface area contributed by atoms with Crippen molar-refractivity contribution in [3.63, 3.8) is 0 Å². The highest BCUT2D eigenvalue weighted by Crippen LogP contribution is 2.24. The first-order chi connectivity index (χ1) is 6.91. The van der Waals surface area contributed by atoms with E-state index < -0.39 is 10.0 Å². The predicted octanol–water partition coefficient (Wildman–Crippen LogP) is 1.46. The average Bonchev–Trinajstić information content (AvgIpc) is 2.17. The van der Waals surface area contributed by atoms with Crippen molar-refractivity contribution in [3.05, 3.63) is 28.8 Å². The Morgan fingerprint density at radius 3 is 2.47 bits per heavy atom. The number of hydrogen-bond acceptors (Lipinski definition) is 3. The highest BCUT2D eigenvalue weighted by Gasteiger charge is 2.22. The topological polar surface area (TPSA) is 61.2 Å². The number of sulfonamides is 1. The van der Waals surface area contributed by atoms with Crippen LogP contribution in [0.25, 0.3) is 0 Å². The zero-order valence-electron chi connectivity index (χ0n) is 8.23. The molecule has 1 aromatic carbocycles. The van der Waals surface area contributed by atoms with E-state index >= 15 is 0 Å². The minimum absolute atomic E-state index is 0.0205. The van der Waals surface area contributed by atoms with Crippen LogP contribution in [0.4, 0.5) is 0 Å². The Balaban J connectivity index is 3.54. The van der Waals surface area contributed by atoms with Gasteiger partial charge in [-0.3, -0.25) is 0 Å². The van der Waals surface area contributed by atoms with Crippen molar-refractivity contribution in [1.29, 1.82) is 5.26 Å². The van der Waals surface area contributed by atoms with Crippen molar-refractivity contribution in [2.75, 3.05) is 14.1 Å². The molecule has 0 aromatic heterocycles. The maximum absolute atomic E-state index is 11.8. The highest BCUT2D eigenvalue weighted by atomic mass is 35.5. The first-order valence-corrected chi connectivity index (χ1v) is 5.84. The van der Waals surface area contributed by atoms with Crippen molar-refractivity contribution < 1.29 is 8.42 Å². The Labute approximate surface area is 93.7 Å². The minimum Gasteiger partial charge on any atom is -0.207 e. The van der Waals surface area contributed by atoms with Crippen LogP contribution in [-0.2, 0) is 10.0 Å². The van der Waals surface area contributed by atoms with Gasteiger partial charge in [-0.25, -0.2) is 12.7 Å². The van der Waals surface area contributed by atoms with Crippen LogP contribution in [0.15, 0.2) is 23.1 Å². The molecule has 0 fully saturated rings. The SMILES string of the molecule is CN(C)S(=O)(=O)c1cccc(Cl)c1C#N. The summed E-state index contributed by atoms with van der Waals surface area (Å²) in [5.41, 5.74) is -0.0205. The monoisotopic (exact) mass is 244 g/mol. The van der Waals surface area contributed by atoms with Crippen molar-refractivity contribution >= 4 is 21.6 Å². The molecule has 0 saturated carbocycles. The van der Waals surface area contributed by atoms with Gasteiger partial charge < -0.3 is 0 Å². The second-order valence-electron chi connectivity index (χ2n) is 3.01. The molecule has 0 N–H and O–H groups in total. The van der Waals surface area contributed by atoms with E-state index in [1.165, 1.54) is 32.3 Å². The van der Waals surface area contributed by atoms with Crippen LogP contribution in [0, 0.1) is 11.3 Å². The Kier molecular flexibility index (Phi) is 3.35. The molecule has 0 unspecified atom stereocenters. The summed E-state index contributed by atoms with van der Waals surface area (Å²) in [6.45, 7) is 0. The molecule has 1 rings (SSSR count). The van der Waals surface area contributed by atoms with E-state index in [1.807, 2.05) is 0 Å². The largest absolute Gasteiger partial charge is 0.243 e. The Bertz CT molecular complexity index is 517. The summed E-state index contributed by atoms with van der Waals surface area (Å²) in [6, 6.07) is 6.13. The van der Waals surface area contributed by atoms with E-state index in [9.17, 15) is 8.42 Å². The van der Waals surface area contributed by atoms with Crippen LogP contribution in [0.1, 0.15) is 5.56 Å². The molecule has 15 heavy (non-hydrogen) atoms. The molecule has 0 aliphatic rings. The molecule has 0 aliphatic heterocycles. The predicted molar refractivity (Wildman–Crippen MR) is 57.0 cm³/mol. The summed E-state index contributed by atoms with van der Waals surface area (Å²) in [5.74, 6) is 0. The lowest BCUT2D eigenvalue weighted by Crippen LogP contribution is -2.23. The molecular weight excluding hydrogens is 236 g/mol. The molecule has 0 aliphatic carbocycles. The second kappa shape index (κ2) is 4.19. The first kappa shape index (κ1) is 12.0. The molecule has 4 nitrogen and oxygen atoms in total. The van der Waals surface area contributed by atoms with Crippen LogP contribution in [0.3, 0.4) is 0 Å². The molecule has 0 saturated heterocycles. The van der Waals surface area contributed by atoms with Gasteiger partial charge in [-0.15, -0.1) is 0 Å². The van der Waals surface area contributed by atoms with Gasteiger partial charge in [0.25, 0.3) is 0 Å². The molecule has 1 aromatic rings. The van der Waals surface area contributed by atoms with Gasteiger partial charge >= 0.3 is 0 Å². The van der Waals surface area contributed by atoms with Gasteiger partial charge in [0.15, 0.2) is 0 Å². The Morgan fingerprint density at radius 2 is 2.00 bits per heavy atom. The molecule has 0 heterocycles. The van der Waals surface area contributed by atoms with E-state index in [-0.39, 0.29) is 15.5 Å². The summed E-state index contributed by atoms with van der Waals surface area (Å²) >= 11 is 5.73. The zero-order valence-corrected chi connectivity index (χ0v) is 9.80. The van der Waals surface area contributed by atoms with Crippen LogP contribution in [0.5, 0.6) is 0 Å². The lowest BCUT2D eigenvalue weighted by Gasteiger charge is -2.12. The molecule has 80 valence electrons. The van der Waals surface area contributed by atoms with Crippen molar-refractivity contribution in [1.82, 2.24) is 4.31 Å². The first-order valence-electron chi connectivity index (χ1n) is 4.02. The third-order valence-corrected chi connectivity index (χ3v) is 4.02. The summed E-state index contributed by atoms with van der Waals surface area (Å²) in [5, 5.41) is 8.97. The standard InChI is InChI=1S/C9H9ClN2O2S/c1-12(2)15(13,14)9-5-3-4-8(10)7(9)6-11/h3-5H,1-2H3. The number of benzene rings is 1. The van der Waals surface area contributed by atoms with Gasteiger partial charge in [-0.1, -0.05) is 17.7 Å². The molecule has 0 spiro atoms. The van der Waals surface area contributed by atoms with E-state index in [1.54, 1.807) is 6.07 Å². The normalized spacial score (nSPS) is 11.4. The summed E-state index contributed by atoms with van der Waals surface area (Å²) in [4.78, 5) is -0.0671. The fraction of sp³-hybridized carbons (Fsp3) is 0.222. The molecule has 0 atom stereocenters. The van der Waals surface area contributed by atoms with E-state index in [4.69, 9.17) is 16.9 Å². The zero-order chi connectivity index (χ0) is 11.6. The lowest BCUT2D eigenvalue weighted by atomic mass is 10.2. The summed E-state index contributed by atoms with van der Waals surface area (Å²) in [7, 11) is -0.815. The van der Waals surface area contributed by atoms with Gasteiger partial charge in [-0.05, 0) is 12.1 Å². The summed E-state index contributed by atoms with van der Waals surface area (Å²) < 4.78 is 24.6. The number of rotatable bonds is 2. The fourth-order valence-electron chi connectivity index (χ4n) is 1.02. The number of nitriles is 1. The molecule has 0 bridgehead atoms.